The van der Waals surface area contributed by atoms with Gasteiger partial charge in [0.15, 0.2) is 5.65 Å². The van der Waals surface area contributed by atoms with Crippen LogP contribution in [0.2, 0.25) is 0 Å². The second-order valence-corrected chi connectivity index (χ2v) is 6.97. The van der Waals surface area contributed by atoms with Gasteiger partial charge in [-0.3, -0.25) is 9.48 Å². The van der Waals surface area contributed by atoms with Crippen LogP contribution in [0.4, 0.5) is 0 Å². The number of pyridine rings is 1. The summed E-state index contributed by atoms with van der Waals surface area (Å²) in [6.07, 6.45) is 7.13. The molecule has 2 bridgehead atoms. The van der Waals surface area contributed by atoms with Crippen molar-refractivity contribution in [3.8, 4) is 0 Å². The number of carbonyl (C=O) groups is 1. The SMILES string of the molecule is Cc1cc(C(=O)NC[C@H]2C[C@@H]3C=C[C@@H]2C3)c2c(C)nn(C)c2n1. The lowest BCUT2D eigenvalue weighted by molar-refractivity contribution is 0.0946. The van der Waals surface area contributed by atoms with Crippen LogP contribution in [0, 0.1) is 31.6 Å². The monoisotopic (exact) mass is 310 g/mol. The van der Waals surface area contributed by atoms with Crippen LogP contribution in [0.25, 0.3) is 11.0 Å². The van der Waals surface area contributed by atoms with Crippen molar-refractivity contribution in [3.63, 3.8) is 0 Å². The van der Waals surface area contributed by atoms with E-state index in [0.29, 0.717) is 17.4 Å². The Labute approximate surface area is 135 Å². The Morgan fingerprint density at radius 2 is 2.17 bits per heavy atom. The van der Waals surface area contributed by atoms with Gasteiger partial charge in [0.1, 0.15) is 0 Å². The second kappa shape index (κ2) is 5.18. The molecule has 4 rings (SSSR count). The first-order chi connectivity index (χ1) is 11.0. The zero-order valence-corrected chi connectivity index (χ0v) is 13.8. The van der Waals surface area contributed by atoms with Gasteiger partial charge >= 0.3 is 0 Å². The van der Waals surface area contributed by atoms with Gasteiger partial charge in [0, 0.05) is 19.3 Å². The summed E-state index contributed by atoms with van der Waals surface area (Å²) in [4.78, 5) is 17.3. The lowest BCUT2D eigenvalue weighted by atomic mass is 9.93. The van der Waals surface area contributed by atoms with Gasteiger partial charge in [-0.25, -0.2) is 4.98 Å². The lowest BCUT2D eigenvalue weighted by Gasteiger charge is -2.18. The van der Waals surface area contributed by atoms with Crippen molar-refractivity contribution in [2.24, 2.45) is 24.8 Å². The fraction of sp³-hybridized carbons (Fsp3) is 0.500. The fourth-order valence-corrected chi connectivity index (χ4v) is 4.20. The van der Waals surface area contributed by atoms with E-state index in [1.54, 1.807) is 4.68 Å². The van der Waals surface area contributed by atoms with Crippen LogP contribution in [-0.4, -0.2) is 27.2 Å². The minimum atomic E-state index is -0.0108. The molecule has 5 heteroatoms. The number of allylic oxidation sites excluding steroid dienone is 2. The molecule has 5 nitrogen and oxygen atoms in total. The van der Waals surface area contributed by atoms with Gasteiger partial charge in [0.05, 0.1) is 16.6 Å². The minimum absolute atomic E-state index is 0.0108. The van der Waals surface area contributed by atoms with Crippen LogP contribution in [0.3, 0.4) is 0 Å². The van der Waals surface area contributed by atoms with E-state index >= 15 is 0 Å². The summed E-state index contributed by atoms with van der Waals surface area (Å²) < 4.78 is 1.75. The van der Waals surface area contributed by atoms with E-state index in [0.717, 1.165) is 34.9 Å². The molecule has 3 atom stereocenters. The molecular weight excluding hydrogens is 288 g/mol. The average molecular weight is 310 g/mol. The van der Waals surface area contributed by atoms with E-state index < -0.39 is 0 Å². The van der Waals surface area contributed by atoms with Crippen molar-refractivity contribution < 1.29 is 4.79 Å². The van der Waals surface area contributed by atoms with E-state index in [1.807, 2.05) is 27.0 Å². The zero-order valence-electron chi connectivity index (χ0n) is 13.8. The molecule has 0 aromatic carbocycles. The quantitative estimate of drug-likeness (QED) is 0.886. The molecule has 0 aliphatic heterocycles. The molecule has 0 radical (unpaired) electrons. The normalized spacial score (nSPS) is 25.4. The predicted octanol–water partition coefficient (Wildman–Crippen LogP) is 2.53. The number of aryl methyl sites for hydroxylation is 3. The van der Waals surface area contributed by atoms with Crippen molar-refractivity contribution >= 4 is 16.9 Å². The standard InChI is InChI=1S/C18H22N4O/c1-10-6-15(16-11(2)21-22(3)17(16)20-10)18(23)19-9-14-8-12-4-5-13(14)7-12/h4-6,12-14H,7-9H2,1-3H3,(H,19,23)/t12-,13-,14-/m1/s1. The van der Waals surface area contributed by atoms with Crippen LogP contribution in [0.15, 0.2) is 18.2 Å². The maximum Gasteiger partial charge on any atom is 0.252 e. The van der Waals surface area contributed by atoms with Crippen LogP contribution in [0.5, 0.6) is 0 Å². The van der Waals surface area contributed by atoms with Crippen LogP contribution < -0.4 is 5.32 Å². The number of carbonyl (C=O) groups excluding carboxylic acids is 1. The van der Waals surface area contributed by atoms with Crippen LogP contribution in [0.1, 0.15) is 34.6 Å². The first-order valence-corrected chi connectivity index (χ1v) is 8.30. The highest BCUT2D eigenvalue weighted by atomic mass is 16.1. The van der Waals surface area contributed by atoms with Gasteiger partial charge in [0.25, 0.3) is 5.91 Å². The Morgan fingerprint density at radius 1 is 1.35 bits per heavy atom. The van der Waals surface area contributed by atoms with Crippen molar-refractivity contribution in [3.05, 3.63) is 35.2 Å². The molecule has 2 aliphatic rings. The summed E-state index contributed by atoms with van der Waals surface area (Å²) in [5.41, 5.74) is 3.16. The van der Waals surface area contributed by atoms with Crippen LogP contribution >= 0.6 is 0 Å². The van der Waals surface area contributed by atoms with Gasteiger partial charge in [0.2, 0.25) is 0 Å². The smallest absolute Gasteiger partial charge is 0.252 e. The van der Waals surface area contributed by atoms with E-state index in [-0.39, 0.29) is 5.91 Å². The van der Waals surface area contributed by atoms with Gasteiger partial charge < -0.3 is 5.32 Å². The number of amides is 1. The number of nitrogens with zero attached hydrogens (tertiary/aromatic N) is 3. The predicted molar refractivity (Wildman–Crippen MR) is 89.2 cm³/mol. The molecule has 2 heterocycles. The van der Waals surface area contributed by atoms with Crippen molar-refractivity contribution in [2.75, 3.05) is 6.54 Å². The summed E-state index contributed by atoms with van der Waals surface area (Å²) in [5, 5.41) is 8.42. The Kier molecular flexibility index (Phi) is 3.25. The van der Waals surface area contributed by atoms with Gasteiger partial charge in [-0.05, 0) is 50.5 Å². The Hall–Kier alpha value is -2.17. The highest BCUT2D eigenvalue weighted by Crippen LogP contribution is 2.43. The minimum Gasteiger partial charge on any atom is -0.352 e. The maximum absolute atomic E-state index is 12.7. The number of nitrogens with one attached hydrogen (secondary N) is 1. The highest BCUT2D eigenvalue weighted by Gasteiger charge is 2.35. The number of hydrogen-bond acceptors (Lipinski definition) is 3. The first kappa shape index (κ1) is 14.4. The van der Waals surface area contributed by atoms with E-state index in [1.165, 1.54) is 12.8 Å². The molecule has 1 N–H and O–H groups in total. The molecule has 0 spiro atoms. The fourth-order valence-electron chi connectivity index (χ4n) is 4.20. The summed E-state index contributed by atoms with van der Waals surface area (Å²) >= 11 is 0. The number of fused-ring (bicyclic) bond motifs is 3. The Balaban J connectivity index is 1.58. The van der Waals surface area contributed by atoms with Crippen molar-refractivity contribution in [1.29, 1.82) is 0 Å². The third kappa shape index (κ3) is 2.35. The third-order valence-corrected chi connectivity index (χ3v) is 5.28. The van der Waals surface area contributed by atoms with Crippen LogP contribution in [-0.2, 0) is 7.05 Å². The highest BCUT2D eigenvalue weighted by molar-refractivity contribution is 6.06. The first-order valence-electron chi connectivity index (χ1n) is 8.30. The zero-order chi connectivity index (χ0) is 16.1. The Bertz CT molecular complexity index is 820. The molecule has 1 saturated carbocycles. The lowest BCUT2D eigenvalue weighted by Crippen LogP contribution is -2.31. The Morgan fingerprint density at radius 3 is 2.87 bits per heavy atom. The van der Waals surface area contributed by atoms with E-state index in [2.05, 4.69) is 27.6 Å². The molecule has 2 aromatic heterocycles. The topological polar surface area (TPSA) is 59.8 Å². The molecule has 120 valence electrons. The molecule has 2 aromatic rings. The van der Waals surface area contributed by atoms with Crippen molar-refractivity contribution in [2.45, 2.75) is 26.7 Å². The molecule has 1 amide bonds. The summed E-state index contributed by atoms with van der Waals surface area (Å²) in [6.45, 7) is 4.60. The van der Waals surface area contributed by atoms with Crippen molar-refractivity contribution in [1.82, 2.24) is 20.1 Å². The van der Waals surface area contributed by atoms with E-state index in [4.69, 9.17) is 0 Å². The third-order valence-electron chi connectivity index (χ3n) is 5.28. The molecule has 1 fully saturated rings. The molecule has 23 heavy (non-hydrogen) atoms. The number of aromatic nitrogens is 3. The summed E-state index contributed by atoms with van der Waals surface area (Å²) in [6, 6.07) is 1.87. The average Bonchev–Trinajstić information content (AvgIpc) is 3.20. The summed E-state index contributed by atoms with van der Waals surface area (Å²) in [7, 11) is 1.87. The van der Waals surface area contributed by atoms with Gasteiger partial charge in [-0.1, -0.05) is 12.2 Å². The molecule has 2 aliphatic carbocycles. The number of hydrogen-bond donors (Lipinski definition) is 1. The van der Waals surface area contributed by atoms with Gasteiger partial charge in [-0.2, -0.15) is 5.10 Å². The molecular formula is C18H22N4O. The van der Waals surface area contributed by atoms with Gasteiger partial charge in [-0.15, -0.1) is 0 Å². The summed E-state index contributed by atoms with van der Waals surface area (Å²) in [5.74, 6) is 1.96. The number of rotatable bonds is 3. The molecule has 0 unspecified atom stereocenters. The largest absolute Gasteiger partial charge is 0.352 e. The van der Waals surface area contributed by atoms with E-state index in [9.17, 15) is 4.79 Å². The second-order valence-electron chi connectivity index (χ2n) is 6.97. The maximum atomic E-state index is 12.7. The molecule has 0 saturated heterocycles.